The maximum atomic E-state index is 12.7. The van der Waals surface area contributed by atoms with Crippen LogP contribution in [0, 0.1) is 6.92 Å². The molecule has 0 saturated heterocycles. The number of amides is 1. The smallest absolute Gasteiger partial charge is 0.261 e. The summed E-state index contributed by atoms with van der Waals surface area (Å²) in [4.78, 5) is 12.7. The van der Waals surface area contributed by atoms with E-state index in [1.165, 1.54) is 38.5 Å². The number of hydrogen-bond acceptors (Lipinski definition) is 7. The van der Waals surface area contributed by atoms with E-state index in [4.69, 9.17) is 9.47 Å². The third kappa shape index (κ3) is 6.67. The van der Waals surface area contributed by atoms with Gasteiger partial charge in [0.1, 0.15) is 18.0 Å². The maximum absolute atomic E-state index is 12.7. The highest BCUT2D eigenvalue weighted by Crippen LogP contribution is 2.31. The Morgan fingerprint density at radius 3 is 2.03 bits per heavy atom. The monoisotopic (exact) mass is 533 g/mol. The van der Waals surface area contributed by atoms with Crippen molar-refractivity contribution in [2.45, 2.75) is 11.8 Å². The molecular weight excluding hydrogens is 506 g/mol. The third-order valence-electron chi connectivity index (χ3n) is 5.08. The van der Waals surface area contributed by atoms with E-state index < -0.39 is 32.5 Å². The summed E-state index contributed by atoms with van der Waals surface area (Å²) < 4.78 is 64.0. The minimum atomic E-state index is -3.87. The van der Waals surface area contributed by atoms with Crippen LogP contribution in [-0.2, 0) is 24.8 Å². The fraction of sp³-hybridized carbons (Fsp3) is 0.208. The molecule has 0 aromatic heterocycles. The molecule has 12 heteroatoms. The van der Waals surface area contributed by atoms with Crippen LogP contribution in [0.2, 0.25) is 0 Å². The molecule has 3 rings (SSSR count). The molecule has 0 aliphatic heterocycles. The molecule has 1 amide bonds. The highest BCUT2D eigenvalue weighted by Gasteiger charge is 2.24. The number of anilines is 3. The Labute approximate surface area is 211 Å². The van der Waals surface area contributed by atoms with Gasteiger partial charge in [-0.3, -0.25) is 13.8 Å². The fourth-order valence-electron chi connectivity index (χ4n) is 3.30. The first-order valence-electron chi connectivity index (χ1n) is 10.6. The number of nitrogens with zero attached hydrogens (tertiary/aromatic N) is 1. The van der Waals surface area contributed by atoms with E-state index in [2.05, 4.69) is 10.0 Å². The number of rotatable bonds is 10. The van der Waals surface area contributed by atoms with Gasteiger partial charge in [0.25, 0.3) is 10.0 Å². The van der Waals surface area contributed by atoms with E-state index in [-0.39, 0.29) is 10.6 Å². The second kappa shape index (κ2) is 10.9. The van der Waals surface area contributed by atoms with Gasteiger partial charge in [0.05, 0.1) is 31.1 Å². The summed E-state index contributed by atoms with van der Waals surface area (Å²) in [7, 11) is -4.77. The summed E-state index contributed by atoms with van der Waals surface area (Å²) >= 11 is 0. The van der Waals surface area contributed by atoms with E-state index in [1.807, 2.05) is 0 Å². The number of benzene rings is 3. The van der Waals surface area contributed by atoms with Gasteiger partial charge in [-0.15, -0.1) is 0 Å². The summed E-state index contributed by atoms with van der Waals surface area (Å²) in [6, 6.07) is 16.9. The Hall–Kier alpha value is -3.77. The number of carbonyl (C=O) groups is 1. The second-order valence-corrected chi connectivity index (χ2v) is 11.4. The molecule has 0 saturated carbocycles. The van der Waals surface area contributed by atoms with Crippen molar-refractivity contribution in [2.24, 2.45) is 0 Å². The number of sulfonamides is 2. The van der Waals surface area contributed by atoms with Crippen molar-refractivity contribution < 1.29 is 31.1 Å². The van der Waals surface area contributed by atoms with Gasteiger partial charge < -0.3 is 14.8 Å². The molecule has 0 aliphatic rings. The molecule has 36 heavy (non-hydrogen) atoms. The van der Waals surface area contributed by atoms with Crippen LogP contribution in [0.15, 0.2) is 71.6 Å². The lowest BCUT2D eigenvalue weighted by molar-refractivity contribution is -0.114. The van der Waals surface area contributed by atoms with Crippen LogP contribution < -0.4 is 23.8 Å². The number of nitrogens with one attached hydrogen (secondary N) is 2. The van der Waals surface area contributed by atoms with Crippen LogP contribution in [0.3, 0.4) is 0 Å². The molecule has 3 aromatic rings. The number of methoxy groups -OCH3 is 2. The first-order valence-corrected chi connectivity index (χ1v) is 14.0. The summed E-state index contributed by atoms with van der Waals surface area (Å²) in [6.07, 6.45) is 0.998. The fourth-order valence-corrected chi connectivity index (χ4v) is 5.21. The standard InChI is InChI=1S/C24H27N3O7S2/c1-17-5-14-23(34-3)22(15-17)27(35(4,29)30)16-24(28)25-18-8-12-21(13-9-18)36(31,32)26-19-6-10-20(33-2)11-7-19/h5-15,26H,16H2,1-4H3,(H,25,28). The van der Waals surface area contributed by atoms with Gasteiger partial charge in [-0.1, -0.05) is 6.07 Å². The molecule has 0 aliphatic carbocycles. The van der Waals surface area contributed by atoms with Crippen molar-refractivity contribution in [3.05, 3.63) is 72.3 Å². The zero-order chi connectivity index (χ0) is 26.5. The van der Waals surface area contributed by atoms with Gasteiger partial charge in [0, 0.05) is 11.4 Å². The largest absolute Gasteiger partial charge is 0.497 e. The van der Waals surface area contributed by atoms with E-state index in [0.29, 0.717) is 22.9 Å². The minimum absolute atomic E-state index is 0.0152. The highest BCUT2D eigenvalue weighted by atomic mass is 32.2. The summed E-state index contributed by atoms with van der Waals surface area (Å²) in [5.41, 5.74) is 1.69. The van der Waals surface area contributed by atoms with Crippen LogP contribution in [-0.4, -0.2) is 49.8 Å². The SMILES string of the molecule is COc1ccc(NS(=O)(=O)c2ccc(NC(=O)CN(c3cc(C)ccc3OC)S(C)(=O)=O)cc2)cc1. The molecule has 0 bridgehead atoms. The lowest BCUT2D eigenvalue weighted by atomic mass is 10.2. The van der Waals surface area contributed by atoms with E-state index >= 15 is 0 Å². The number of ether oxygens (including phenoxy) is 2. The van der Waals surface area contributed by atoms with Gasteiger partial charge in [-0.05, 0) is 73.2 Å². The zero-order valence-corrected chi connectivity index (χ0v) is 21.8. The predicted molar refractivity (Wildman–Crippen MR) is 139 cm³/mol. The topological polar surface area (TPSA) is 131 Å². The molecule has 3 aromatic carbocycles. The van der Waals surface area contributed by atoms with Crippen molar-refractivity contribution >= 4 is 43.0 Å². The van der Waals surface area contributed by atoms with Crippen LogP contribution >= 0.6 is 0 Å². The highest BCUT2D eigenvalue weighted by molar-refractivity contribution is 7.92. The number of aryl methyl sites for hydroxylation is 1. The van der Waals surface area contributed by atoms with Crippen LogP contribution in [0.1, 0.15) is 5.56 Å². The van der Waals surface area contributed by atoms with Crippen molar-refractivity contribution in [1.29, 1.82) is 0 Å². The lowest BCUT2D eigenvalue weighted by Gasteiger charge is -2.24. The quantitative estimate of drug-likeness (QED) is 0.409. The van der Waals surface area contributed by atoms with Gasteiger partial charge in [0.2, 0.25) is 15.9 Å². The maximum Gasteiger partial charge on any atom is 0.261 e. The normalized spacial score (nSPS) is 11.4. The van der Waals surface area contributed by atoms with Crippen LogP contribution in [0.4, 0.5) is 17.1 Å². The number of carbonyl (C=O) groups excluding carboxylic acids is 1. The summed E-state index contributed by atoms with van der Waals surface area (Å²) in [5.74, 6) is 0.280. The van der Waals surface area contributed by atoms with Gasteiger partial charge in [-0.2, -0.15) is 0 Å². The predicted octanol–water partition coefficient (Wildman–Crippen LogP) is 3.22. The first kappa shape index (κ1) is 26.8. The molecule has 192 valence electrons. The van der Waals surface area contributed by atoms with Crippen LogP contribution in [0.5, 0.6) is 11.5 Å². The molecular formula is C24H27N3O7S2. The van der Waals surface area contributed by atoms with E-state index in [9.17, 15) is 21.6 Å². The average molecular weight is 534 g/mol. The van der Waals surface area contributed by atoms with Crippen molar-refractivity contribution in [1.82, 2.24) is 0 Å². The second-order valence-electron chi connectivity index (χ2n) is 7.85. The molecule has 0 atom stereocenters. The number of hydrogen-bond donors (Lipinski definition) is 2. The van der Waals surface area contributed by atoms with Crippen molar-refractivity contribution in [3.63, 3.8) is 0 Å². The first-order chi connectivity index (χ1) is 16.9. The lowest BCUT2D eigenvalue weighted by Crippen LogP contribution is -2.37. The Morgan fingerprint density at radius 2 is 1.47 bits per heavy atom. The van der Waals surface area contributed by atoms with Gasteiger partial charge in [0.15, 0.2) is 0 Å². The van der Waals surface area contributed by atoms with Gasteiger partial charge >= 0.3 is 0 Å². The Balaban J connectivity index is 1.73. The van der Waals surface area contributed by atoms with Crippen molar-refractivity contribution in [3.8, 4) is 11.5 Å². The van der Waals surface area contributed by atoms with E-state index in [0.717, 1.165) is 16.1 Å². The summed E-state index contributed by atoms with van der Waals surface area (Å²) in [6.45, 7) is 1.29. The Bertz CT molecular complexity index is 1440. The summed E-state index contributed by atoms with van der Waals surface area (Å²) in [5, 5.41) is 2.59. The third-order valence-corrected chi connectivity index (χ3v) is 7.60. The zero-order valence-electron chi connectivity index (χ0n) is 20.2. The van der Waals surface area contributed by atoms with Crippen molar-refractivity contribution in [2.75, 3.05) is 41.4 Å². The van der Waals surface area contributed by atoms with E-state index in [1.54, 1.807) is 49.4 Å². The molecule has 10 nitrogen and oxygen atoms in total. The Kier molecular flexibility index (Phi) is 8.10. The molecule has 0 spiro atoms. The Morgan fingerprint density at radius 1 is 0.861 bits per heavy atom. The average Bonchev–Trinajstić information content (AvgIpc) is 2.82. The molecule has 0 heterocycles. The molecule has 0 radical (unpaired) electrons. The van der Waals surface area contributed by atoms with Gasteiger partial charge in [-0.25, -0.2) is 16.8 Å². The molecule has 0 unspecified atom stereocenters. The minimum Gasteiger partial charge on any atom is -0.497 e. The molecule has 2 N–H and O–H groups in total. The van der Waals surface area contributed by atoms with Crippen LogP contribution in [0.25, 0.3) is 0 Å². The molecule has 0 fully saturated rings.